The van der Waals surface area contributed by atoms with Gasteiger partial charge < -0.3 is 9.64 Å². The van der Waals surface area contributed by atoms with Gasteiger partial charge in [-0.3, -0.25) is 4.79 Å². The molecule has 0 aliphatic carbocycles. The van der Waals surface area contributed by atoms with Crippen molar-refractivity contribution in [2.75, 3.05) is 31.2 Å². The number of sulfonamides is 1. The van der Waals surface area contributed by atoms with Crippen LogP contribution in [0.1, 0.15) is 21.5 Å². The zero-order valence-electron chi connectivity index (χ0n) is 18.2. The van der Waals surface area contributed by atoms with E-state index in [9.17, 15) is 13.2 Å². The van der Waals surface area contributed by atoms with E-state index in [-0.39, 0.29) is 4.90 Å². The van der Waals surface area contributed by atoms with Crippen molar-refractivity contribution in [2.45, 2.75) is 11.4 Å². The smallest absolute Gasteiger partial charge is 0.279 e. The van der Waals surface area contributed by atoms with Crippen molar-refractivity contribution in [3.05, 3.63) is 94.5 Å². The van der Waals surface area contributed by atoms with E-state index in [1.54, 1.807) is 48.5 Å². The highest BCUT2D eigenvalue weighted by atomic mass is 35.5. The summed E-state index contributed by atoms with van der Waals surface area (Å²) in [5.41, 5.74) is 3.04. The molecule has 0 N–H and O–H groups in total. The number of rotatable bonds is 4. The number of anilines is 1. The van der Waals surface area contributed by atoms with E-state index in [0.29, 0.717) is 49.3 Å². The third-order valence-corrected chi connectivity index (χ3v) is 8.03. The summed E-state index contributed by atoms with van der Waals surface area (Å²) >= 11 is 6.05. The summed E-state index contributed by atoms with van der Waals surface area (Å²) in [6.07, 6.45) is 0. The molecule has 2 aliphatic rings. The third kappa shape index (κ3) is 4.37. The SMILES string of the molecule is O=C(N=C1c2ccccc2CN1c1ccc(S(=O)(=O)N2CCOCC2)cc1)c1cccc(Cl)c1. The first-order valence-electron chi connectivity index (χ1n) is 10.9. The van der Waals surface area contributed by atoms with Crippen LogP contribution in [0.5, 0.6) is 0 Å². The second kappa shape index (κ2) is 9.31. The zero-order valence-corrected chi connectivity index (χ0v) is 19.8. The minimum absolute atomic E-state index is 0.225. The Morgan fingerprint density at radius 1 is 0.941 bits per heavy atom. The molecular weight excluding hydrogens is 474 g/mol. The Balaban J connectivity index is 1.48. The van der Waals surface area contributed by atoms with E-state index < -0.39 is 15.9 Å². The number of fused-ring (bicyclic) bond motifs is 1. The maximum absolute atomic E-state index is 13.0. The van der Waals surface area contributed by atoms with E-state index >= 15 is 0 Å². The number of hydrogen-bond donors (Lipinski definition) is 0. The van der Waals surface area contributed by atoms with Crippen molar-refractivity contribution < 1.29 is 17.9 Å². The Morgan fingerprint density at radius 3 is 2.41 bits per heavy atom. The largest absolute Gasteiger partial charge is 0.379 e. The monoisotopic (exact) mass is 495 g/mol. The van der Waals surface area contributed by atoms with Crippen LogP contribution in [-0.4, -0.2) is 50.8 Å². The summed E-state index contributed by atoms with van der Waals surface area (Å²) in [5.74, 6) is 0.120. The number of hydrogen-bond acceptors (Lipinski definition) is 4. The van der Waals surface area contributed by atoms with Crippen molar-refractivity contribution in [3.63, 3.8) is 0 Å². The molecule has 0 bridgehead atoms. The van der Waals surface area contributed by atoms with Gasteiger partial charge in [-0.2, -0.15) is 9.30 Å². The molecule has 7 nitrogen and oxygen atoms in total. The summed E-state index contributed by atoms with van der Waals surface area (Å²) in [6, 6.07) is 21.1. The van der Waals surface area contributed by atoms with E-state index in [1.165, 1.54) is 4.31 Å². The highest BCUT2D eigenvalue weighted by Crippen LogP contribution is 2.30. The molecule has 34 heavy (non-hydrogen) atoms. The topological polar surface area (TPSA) is 79.3 Å². The standard InChI is InChI=1S/C25H22ClN3O4S/c26-20-6-3-5-18(16-20)25(30)27-24-23-7-2-1-4-19(23)17-29(24)21-8-10-22(11-9-21)34(31,32)28-12-14-33-15-13-28/h1-11,16H,12-15,17H2. The first-order valence-corrected chi connectivity index (χ1v) is 12.7. The molecule has 3 aromatic carbocycles. The highest BCUT2D eigenvalue weighted by Gasteiger charge is 2.29. The third-order valence-electron chi connectivity index (χ3n) is 5.88. The van der Waals surface area contributed by atoms with Gasteiger partial charge in [0.15, 0.2) is 0 Å². The molecule has 1 amide bonds. The predicted molar refractivity (Wildman–Crippen MR) is 131 cm³/mol. The van der Waals surface area contributed by atoms with Crippen LogP contribution in [0.15, 0.2) is 82.7 Å². The second-order valence-electron chi connectivity index (χ2n) is 8.00. The quantitative estimate of drug-likeness (QED) is 0.547. The van der Waals surface area contributed by atoms with E-state index in [1.807, 2.05) is 29.2 Å². The number of amidine groups is 1. The van der Waals surface area contributed by atoms with E-state index in [2.05, 4.69) is 4.99 Å². The molecule has 3 aromatic rings. The van der Waals surface area contributed by atoms with Crippen LogP contribution in [0.2, 0.25) is 5.02 Å². The lowest BCUT2D eigenvalue weighted by molar-refractivity contribution is 0.0730. The normalized spacial score (nSPS) is 17.7. The Kier molecular flexibility index (Phi) is 6.22. The number of carbonyl (C=O) groups excluding carboxylic acids is 1. The minimum Gasteiger partial charge on any atom is -0.379 e. The Hall–Kier alpha value is -3.04. The molecule has 1 fully saturated rings. The number of nitrogens with zero attached hydrogens (tertiary/aromatic N) is 3. The number of halogens is 1. The molecule has 2 heterocycles. The summed E-state index contributed by atoms with van der Waals surface area (Å²) < 4.78 is 32.6. The fraction of sp³-hybridized carbons (Fsp3) is 0.200. The first-order chi connectivity index (χ1) is 16.4. The van der Waals surface area contributed by atoms with Gasteiger partial charge in [-0.15, -0.1) is 0 Å². The maximum atomic E-state index is 13.0. The number of carbonyl (C=O) groups is 1. The number of aliphatic imine (C=N–C) groups is 1. The van der Waals surface area contributed by atoms with Crippen LogP contribution in [0.3, 0.4) is 0 Å². The van der Waals surface area contributed by atoms with Crippen LogP contribution in [0.25, 0.3) is 0 Å². The lowest BCUT2D eigenvalue weighted by Crippen LogP contribution is -2.40. The van der Waals surface area contributed by atoms with E-state index in [4.69, 9.17) is 16.3 Å². The van der Waals surface area contributed by atoms with E-state index in [0.717, 1.165) is 16.8 Å². The molecular formula is C25H22ClN3O4S. The fourth-order valence-corrected chi connectivity index (χ4v) is 5.72. The van der Waals surface area contributed by atoms with Gasteiger partial charge in [0, 0.05) is 34.9 Å². The fourth-order valence-electron chi connectivity index (χ4n) is 4.12. The lowest BCUT2D eigenvalue weighted by atomic mass is 10.1. The molecule has 2 aliphatic heterocycles. The Morgan fingerprint density at radius 2 is 1.68 bits per heavy atom. The van der Waals surface area contributed by atoms with Gasteiger partial charge in [0.05, 0.1) is 24.7 Å². The minimum atomic E-state index is -3.59. The molecule has 0 saturated carbocycles. The molecule has 174 valence electrons. The molecule has 0 spiro atoms. The van der Waals surface area contributed by atoms with Crippen LogP contribution >= 0.6 is 11.6 Å². The first kappa shape index (κ1) is 22.7. The molecule has 5 rings (SSSR count). The van der Waals surface area contributed by atoms with Crippen LogP contribution < -0.4 is 4.90 Å². The summed E-state index contributed by atoms with van der Waals surface area (Å²) in [7, 11) is -3.59. The Bertz CT molecular complexity index is 1370. The van der Waals surface area contributed by atoms with Gasteiger partial charge in [-0.25, -0.2) is 8.42 Å². The van der Waals surface area contributed by atoms with Gasteiger partial charge in [0.25, 0.3) is 5.91 Å². The average Bonchev–Trinajstić information content (AvgIpc) is 3.23. The highest BCUT2D eigenvalue weighted by molar-refractivity contribution is 7.89. The molecule has 0 atom stereocenters. The van der Waals surface area contributed by atoms with Gasteiger partial charge in [0.2, 0.25) is 10.0 Å². The number of morpholine rings is 1. The van der Waals surface area contributed by atoms with Crippen molar-refractivity contribution >= 4 is 39.1 Å². The van der Waals surface area contributed by atoms with Crippen molar-refractivity contribution in [1.82, 2.24) is 4.31 Å². The second-order valence-corrected chi connectivity index (χ2v) is 10.4. The summed E-state index contributed by atoms with van der Waals surface area (Å²) in [4.78, 5) is 19.5. The van der Waals surface area contributed by atoms with Gasteiger partial charge in [0.1, 0.15) is 5.84 Å². The van der Waals surface area contributed by atoms with Crippen LogP contribution in [0, 0.1) is 0 Å². The van der Waals surface area contributed by atoms with Gasteiger partial charge in [-0.1, -0.05) is 41.9 Å². The van der Waals surface area contributed by atoms with Crippen molar-refractivity contribution in [2.24, 2.45) is 4.99 Å². The van der Waals surface area contributed by atoms with Crippen molar-refractivity contribution in [1.29, 1.82) is 0 Å². The van der Waals surface area contributed by atoms with Crippen LogP contribution in [0.4, 0.5) is 5.69 Å². The number of benzene rings is 3. The predicted octanol–water partition coefficient (Wildman–Crippen LogP) is 3.97. The summed E-state index contributed by atoms with van der Waals surface area (Å²) in [5, 5.41) is 0.465. The zero-order chi connectivity index (χ0) is 23.7. The van der Waals surface area contributed by atoms with Crippen LogP contribution in [-0.2, 0) is 21.3 Å². The van der Waals surface area contributed by atoms with Crippen molar-refractivity contribution in [3.8, 4) is 0 Å². The molecule has 0 radical (unpaired) electrons. The number of ether oxygens (including phenoxy) is 1. The molecule has 0 aromatic heterocycles. The summed E-state index contributed by atoms with van der Waals surface area (Å²) in [6.45, 7) is 1.99. The lowest BCUT2D eigenvalue weighted by Gasteiger charge is -2.26. The molecule has 1 saturated heterocycles. The van der Waals surface area contributed by atoms with Gasteiger partial charge >= 0.3 is 0 Å². The molecule has 9 heteroatoms. The average molecular weight is 496 g/mol. The maximum Gasteiger partial charge on any atom is 0.279 e. The molecule has 0 unspecified atom stereocenters. The number of amides is 1. The van der Waals surface area contributed by atoms with Gasteiger partial charge in [-0.05, 0) is 48.0 Å². The Labute approximate surface area is 203 Å².